The minimum atomic E-state index is -4.79. The van der Waals surface area contributed by atoms with E-state index in [9.17, 15) is 18.6 Å². The fourth-order valence-corrected chi connectivity index (χ4v) is 4.27. The Morgan fingerprint density at radius 1 is 1.00 bits per heavy atom. The maximum atomic E-state index is 11.3. The summed E-state index contributed by atoms with van der Waals surface area (Å²) in [5, 5.41) is 23.3. The van der Waals surface area contributed by atoms with Crippen LogP contribution >= 0.6 is 62.0 Å². The van der Waals surface area contributed by atoms with Gasteiger partial charge in [0.1, 0.15) is 24.4 Å². The van der Waals surface area contributed by atoms with Gasteiger partial charge in [0.2, 0.25) is 0 Å². The molecule has 12 N–H and O–H groups in total. The van der Waals surface area contributed by atoms with Crippen LogP contribution in [0.2, 0.25) is 0 Å². The lowest BCUT2D eigenvalue weighted by atomic mass is 9.82. The van der Waals surface area contributed by atoms with Crippen molar-refractivity contribution in [1.82, 2.24) is 5.32 Å². The van der Waals surface area contributed by atoms with E-state index in [4.69, 9.17) is 41.1 Å². The highest BCUT2D eigenvalue weighted by molar-refractivity contribution is 7.80. The summed E-state index contributed by atoms with van der Waals surface area (Å²) in [5.41, 5.74) is 23.7. The molecule has 1 heterocycles. The molecule has 2 aliphatic rings. The molecule has 0 unspecified atom stereocenters. The Bertz CT molecular complexity index is 646. The molecule has 19 heteroatoms. The predicted octanol–water partition coefficient (Wildman–Crippen LogP) is -2.17. The molecular weight excluding hydrogens is 588 g/mol. The second kappa shape index (κ2) is 18.3. The molecule has 0 radical (unpaired) electrons. The van der Waals surface area contributed by atoms with E-state index < -0.39 is 71.4 Å². The largest absolute Gasteiger partial charge is 0.397 e. The van der Waals surface area contributed by atoms with Gasteiger partial charge in [-0.05, 0) is 19.4 Å². The highest BCUT2D eigenvalue weighted by Gasteiger charge is 2.49. The minimum Gasteiger partial charge on any atom is -0.388 e. The summed E-state index contributed by atoms with van der Waals surface area (Å²) >= 11 is 0. The Balaban J connectivity index is -0.000000900. The second-order valence-corrected chi connectivity index (χ2v) is 8.52. The van der Waals surface area contributed by atoms with Gasteiger partial charge in [-0.15, -0.1) is 62.0 Å². The maximum absolute atomic E-state index is 11.3. The number of nitrogens with two attached hydrogens (primary N) is 4. The number of aliphatic hydroxyl groups excluding tert-OH is 2. The van der Waals surface area contributed by atoms with Crippen LogP contribution in [0.3, 0.4) is 0 Å². The summed E-state index contributed by atoms with van der Waals surface area (Å²) in [6, 6.07) is -3.39. The van der Waals surface area contributed by atoms with E-state index >= 15 is 0 Å². The second-order valence-electron chi connectivity index (χ2n) is 7.47. The van der Waals surface area contributed by atoms with Gasteiger partial charge >= 0.3 is 10.4 Å². The lowest BCUT2D eigenvalue weighted by Crippen LogP contribution is -2.70. The zero-order valence-corrected chi connectivity index (χ0v) is 23.1. The monoisotopic (exact) mass is 623 g/mol. The van der Waals surface area contributed by atoms with Crippen molar-refractivity contribution in [2.45, 2.75) is 80.7 Å². The summed E-state index contributed by atoms with van der Waals surface area (Å²) in [5.74, 6) is 0. The highest BCUT2D eigenvalue weighted by atomic mass is 35.5. The molecule has 0 aromatic heterocycles. The number of nitrogens with one attached hydrogen (secondary N) is 1. The van der Waals surface area contributed by atoms with Gasteiger partial charge in [0, 0.05) is 18.6 Å². The van der Waals surface area contributed by atoms with Crippen molar-refractivity contribution in [2.75, 3.05) is 13.1 Å². The van der Waals surface area contributed by atoms with Crippen molar-refractivity contribution in [3.63, 3.8) is 0 Å². The summed E-state index contributed by atoms with van der Waals surface area (Å²) < 4.78 is 48.1. The van der Waals surface area contributed by atoms with Crippen molar-refractivity contribution >= 4 is 72.4 Å². The highest BCUT2D eigenvalue weighted by Crippen LogP contribution is 2.29. The van der Waals surface area contributed by atoms with Gasteiger partial charge in [0.15, 0.2) is 6.29 Å². The van der Waals surface area contributed by atoms with E-state index in [2.05, 4.69) is 5.32 Å². The zero-order valence-electron chi connectivity index (χ0n) is 18.2. The van der Waals surface area contributed by atoms with Gasteiger partial charge in [0.25, 0.3) is 0 Å². The van der Waals surface area contributed by atoms with E-state index in [1.54, 1.807) is 0 Å². The normalized spacial score (nSPS) is 37.5. The first-order chi connectivity index (χ1) is 13.5. The smallest absolute Gasteiger partial charge is 0.388 e. The molecule has 1 saturated carbocycles. The molecule has 13 nitrogen and oxygen atoms in total. The van der Waals surface area contributed by atoms with Crippen LogP contribution in [0.4, 0.5) is 0 Å². The van der Waals surface area contributed by atoms with Crippen molar-refractivity contribution in [1.29, 1.82) is 0 Å². The van der Waals surface area contributed by atoms with E-state index in [-0.39, 0.29) is 75.0 Å². The van der Waals surface area contributed by atoms with E-state index in [1.165, 1.54) is 0 Å². The molecule has 212 valence electrons. The SMILES string of the molecule is CCCN[C@H]1[C@@H](OS(=O)(=O)O)[C@H](N)C[C@H](N)[C@H]1O[C@H]1O[C@H](CN)[C@@H](O)[C@H](O)[C@H]1N.Cl.Cl.Cl.Cl.Cl. The molecule has 34 heavy (non-hydrogen) atoms. The third-order valence-electron chi connectivity index (χ3n) is 5.23. The van der Waals surface area contributed by atoms with Gasteiger partial charge in [-0.25, -0.2) is 4.18 Å². The molecule has 0 bridgehead atoms. The average molecular weight is 626 g/mol. The van der Waals surface area contributed by atoms with Crippen LogP contribution < -0.4 is 28.3 Å². The Morgan fingerprint density at radius 2 is 1.53 bits per heavy atom. The molecule has 0 aromatic carbocycles. The summed E-state index contributed by atoms with van der Waals surface area (Å²) in [4.78, 5) is 0. The number of hydrogen-bond donors (Lipinski definition) is 8. The lowest BCUT2D eigenvalue weighted by Gasteiger charge is -2.47. The van der Waals surface area contributed by atoms with Crippen LogP contribution in [0.5, 0.6) is 0 Å². The van der Waals surface area contributed by atoms with Gasteiger partial charge in [-0.3, -0.25) is 4.55 Å². The minimum absolute atomic E-state index is 0. The number of aliphatic hydroxyl groups is 2. The van der Waals surface area contributed by atoms with E-state index in [0.29, 0.717) is 13.0 Å². The molecule has 1 saturated heterocycles. The molecule has 0 aromatic rings. The fourth-order valence-electron chi connectivity index (χ4n) is 3.73. The van der Waals surface area contributed by atoms with Gasteiger partial charge in [-0.1, -0.05) is 6.92 Å². The van der Waals surface area contributed by atoms with Crippen LogP contribution in [0.25, 0.3) is 0 Å². The molecule has 2 rings (SSSR count). The van der Waals surface area contributed by atoms with E-state index in [1.807, 2.05) is 6.92 Å². The van der Waals surface area contributed by atoms with Crippen LogP contribution in [0.1, 0.15) is 19.8 Å². The fraction of sp³-hybridized carbons (Fsp3) is 1.00. The van der Waals surface area contributed by atoms with Crippen LogP contribution in [-0.4, -0.2) is 97.3 Å². The first-order valence-corrected chi connectivity index (χ1v) is 10.9. The first-order valence-electron chi connectivity index (χ1n) is 9.53. The molecule has 10 atom stereocenters. The third kappa shape index (κ3) is 10.8. The van der Waals surface area contributed by atoms with Gasteiger partial charge in [0.05, 0.1) is 18.2 Å². The van der Waals surface area contributed by atoms with Crippen molar-refractivity contribution < 1.29 is 36.8 Å². The van der Waals surface area contributed by atoms with Crippen LogP contribution in [-0.2, 0) is 24.1 Å². The Hall–Kier alpha value is 0.960. The standard InChI is InChI=1S/C15H33N5O8S.5ClH/c1-2-3-20-10-13(6(17)4-7(18)14(10)28-29(23,24)25)27-15-9(19)12(22)11(21)8(5-16)26-15;;;;;/h6-15,20-22H,2-5,16-19H2,1H3,(H,23,24,25);5*1H/t6-,7+,8+,9+,10+,11+,12+,13+,14-,15+;;;;;/m0...../s1. The molecule has 1 aliphatic carbocycles. The number of rotatable bonds is 8. The van der Waals surface area contributed by atoms with Crippen molar-refractivity contribution in [2.24, 2.45) is 22.9 Å². The average Bonchev–Trinajstić information content (AvgIpc) is 2.64. The number of halogens is 5. The number of ether oxygens (including phenoxy) is 2. The Labute approximate surface area is 230 Å². The van der Waals surface area contributed by atoms with Crippen LogP contribution in [0.15, 0.2) is 0 Å². The summed E-state index contributed by atoms with van der Waals surface area (Å²) in [6.07, 6.45) is -5.95. The first kappa shape index (κ1) is 42.1. The van der Waals surface area contributed by atoms with Crippen molar-refractivity contribution in [3.05, 3.63) is 0 Å². The molecule has 2 fully saturated rings. The molecule has 0 amide bonds. The van der Waals surface area contributed by atoms with Gasteiger partial charge in [-0.2, -0.15) is 8.42 Å². The topological polar surface area (TPSA) is 239 Å². The lowest BCUT2D eigenvalue weighted by molar-refractivity contribution is -0.278. The summed E-state index contributed by atoms with van der Waals surface area (Å²) in [6.45, 7) is 2.27. The number of hydrogen-bond acceptors (Lipinski definition) is 12. The predicted molar refractivity (Wildman–Crippen MR) is 138 cm³/mol. The zero-order chi connectivity index (χ0) is 21.9. The van der Waals surface area contributed by atoms with Gasteiger partial charge < -0.3 is 47.9 Å². The summed E-state index contributed by atoms with van der Waals surface area (Å²) in [7, 11) is -4.79. The van der Waals surface area contributed by atoms with E-state index in [0.717, 1.165) is 0 Å². The maximum Gasteiger partial charge on any atom is 0.397 e. The molecule has 1 aliphatic heterocycles. The molecular formula is C15H38Cl5N5O8S. The Kier molecular flexibility index (Phi) is 22.6. The van der Waals surface area contributed by atoms with Crippen molar-refractivity contribution in [3.8, 4) is 0 Å². The Morgan fingerprint density at radius 3 is 2.00 bits per heavy atom. The quantitative estimate of drug-likeness (QED) is 0.134. The third-order valence-corrected chi connectivity index (χ3v) is 5.70. The molecule has 0 spiro atoms. The van der Waals surface area contributed by atoms with Crippen LogP contribution in [0, 0.1) is 0 Å².